The zero-order valence-corrected chi connectivity index (χ0v) is 14.8. The van der Waals surface area contributed by atoms with E-state index in [0.717, 1.165) is 0 Å². The molecule has 15 heteroatoms. The predicted molar refractivity (Wildman–Crippen MR) is 81.6 cm³/mol. The quantitative estimate of drug-likeness (QED) is 0.150. The third-order valence-corrected chi connectivity index (χ3v) is 14.0. The molecule has 23 heavy (non-hydrogen) atoms. The van der Waals surface area contributed by atoms with E-state index in [1.54, 1.807) is 0 Å². The van der Waals surface area contributed by atoms with Gasteiger partial charge in [0, 0.05) is 0 Å². The number of aliphatic hydroxyl groups excluding tert-OH is 8. The van der Waals surface area contributed by atoms with Crippen LogP contribution >= 0.6 is 13.7 Å². The van der Waals surface area contributed by atoms with Gasteiger partial charge in [-0.15, -0.1) is 0 Å². The van der Waals surface area contributed by atoms with Crippen LogP contribution in [0.1, 0.15) is 0 Å². The molecular weight excluding hydrogens is 382 g/mol. The van der Waals surface area contributed by atoms with E-state index >= 15 is 0 Å². The molecule has 144 valence electrons. The molecule has 0 saturated carbocycles. The predicted octanol–water partition coefficient (Wildman–Crippen LogP) is -3.20. The van der Waals surface area contributed by atoms with E-state index in [4.69, 9.17) is 0 Å². The van der Waals surface area contributed by atoms with Gasteiger partial charge in [-0.05, 0) is 0 Å². The molecule has 0 rings (SSSR count). The van der Waals surface area contributed by atoms with Crippen LogP contribution in [0, 0.1) is 0 Å². The summed E-state index contributed by atoms with van der Waals surface area (Å²) in [5, 5.41) is 74.6. The van der Waals surface area contributed by atoms with Gasteiger partial charge in [0.15, 0.2) is 0 Å². The molecule has 0 heterocycles. The zero-order valence-electron chi connectivity index (χ0n) is 12.2. The molecule has 0 aromatic carbocycles. The second-order valence-corrected chi connectivity index (χ2v) is 17.1. The van der Waals surface area contributed by atoms with Crippen LogP contribution in [0.2, 0.25) is 0 Å². The fraction of sp³-hybridized carbons (Fsp3) is 1.00. The topological polar surface area (TPSA) is 214 Å². The molecule has 0 amide bonds. The SMILES string of the molecule is O=S(=O)(OP(CO)(CO)(CO)CO)OP(CO)(CO)(CO)CO. The van der Waals surface area contributed by atoms with Gasteiger partial charge in [-0.1, -0.05) is 0 Å². The first-order chi connectivity index (χ1) is 10.5. The third kappa shape index (κ3) is 4.33. The summed E-state index contributed by atoms with van der Waals surface area (Å²) >= 11 is 0. The first-order valence-electron chi connectivity index (χ1n) is 6.09. The van der Waals surface area contributed by atoms with Crippen molar-refractivity contribution >= 4 is 24.1 Å². The van der Waals surface area contributed by atoms with Crippen molar-refractivity contribution in [2.24, 2.45) is 0 Å². The number of rotatable bonds is 12. The Labute approximate surface area is 132 Å². The van der Waals surface area contributed by atoms with Crippen LogP contribution in [0.4, 0.5) is 0 Å². The average molecular weight is 406 g/mol. The Morgan fingerprint density at radius 1 is 0.522 bits per heavy atom. The zero-order chi connectivity index (χ0) is 18.5. The fourth-order valence-electron chi connectivity index (χ4n) is 1.26. The van der Waals surface area contributed by atoms with Crippen LogP contribution in [0.3, 0.4) is 0 Å². The number of hydrogen-bond acceptors (Lipinski definition) is 12. The van der Waals surface area contributed by atoms with Crippen molar-refractivity contribution < 1.29 is 57.2 Å². The van der Waals surface area contributed by atoms with Crippen LogP contribution in [-0.4, -0.2) is 100 Å². The molecule has 0 fully saturated rings. The first kappa shape index (κ1) is 23.4. The van der Waals surface area contributed by atoms with Crippen molar-refractivity contribution in [3.8, 4) is 0 Å². The van der Waals surface area contributed by atoms with E-state index in [-0.39, 0.29) is 0 Å². The monoisotopic (exact) mass is 406 g/mol. The Balaban J connectivity index is 5.93. The van der Waals surface area contributed by atoms with Crippen molar-refractivity contribution in [3.05, 3.63) is 0 Å². The van der Waals surface area contributed by atoms with Gasteiger partial charge in [0.05, 0.1) is 0 Å². The van der Waals surface area contributed by atoms with Crippen molar-refractivity contribution in [2.45, 2.75) is 0 Å². The third-order valence-electron chi connectivity index (χ3n) is 3.47. The fourth-order valence-corrected chi connectivity index (χ4v) is 8.32. The standard InChI is InChI=1S/C8H24O12P2S/c9-1-21(2-10,3-11,4-12)19-23(17,18)20-22(5-13,6-14,7-15)8-16/h9-16H,1-8H2. The second-order valence-electron chi connectivity index (χ2n) is 5.40. The van der Waals surface area contributed by atoms with Gasteiger partial charge in [0.1, 0.15) is 0 Å². The second kappa shape index (κ2) is 7.75. The van der Waals surface area contributed by atoms with Gasteiger partial charge in [-0.3, -0.25) is 0 Å². The van der Waals surface area contributed by atoms with Crippen LogP contribution < -0.4 is 0 Å². The van der Waals surface area contributed by atoms with Gasteiger partial charge >= 0.3 is 132 Å². The molecule has 0 saturated heterocycles. The molecule has 0 unspecified atom stereocenters. The summed E-state index contributed by atoms with van der Waals surface area (Å²) < 4.78 is 33.3. The molecule has 8 N–H and O–H groups in total. The van der Waals surface area contributed by atoms with E-state index in [2.05, 4.69) is 7.94 Å². The molecule has 0 atom stereocenters. The molecule has 0 bridgehead atoms. The van der Waals surface area contributed by atoms with Gasteiger partial charge in [-0.25, -0.2) is 0 Å². The Kier molecular flexibility index (Phi) is 7.89. The van der Waals surface area contributed by atoms with Gasteiger partial charge in [0.25, 0.3) is 0 Å². The number of hydrogen-bond donors (Lipinski definition) is 8. The summed E-state index contributed by atoms with van der Waals surface area (Å²) in [6.45, 7) is -9.68. The average Bonchev–Trinajstić information content (AvgIpc) is 2.59. The Hall–Kier alpha value is 0.410. The van der Waals surface area contributed by atoms with Crippen molar-refractivity contribution in [2.75, 3.05) is 50.8 Å². The maximum atomic E-state index is 12.1. The summed E-state index contributed by atoms with van der Waals surface area (Å²) in [7, 11) is -5.27. The molecule has 0 radical (unpaired) electrons. The molecule has 0 aliphatic heterocycles. The van der Waals surface area contributed by atoms with E-state index in [9.17, 15) is 49.3 Å². The van der Waals surface area contributed by atoms with Crippen LogP contribution in [0.15, 0.2) is 0 Å². The normalized spacial score (nSPS) is 17.2. The van der Waals surface area contributed by atoms with Crippen molar-refractivity contribution in [1.29, 1.82) is 0 Å². The summed E-state index contributed by atoms with van der Waals surface area (Å²) in [4.78, 5) is 0. The number of aliphatic hydroxyl groups is 8. The minimum absolute atomic E-state index is 1.22. The van der Waals surface area contributed by atoms with Crippen molar-refractivity contribution in [3.63, 3.8) is 0 Å². The van der Waals surface area contributed by atoms with Gasteiger partial charge in [-0.2, -0.15) is 0 Å². The van der Waals surface area contributed by atoms with Gasteiger partial charge in [0.2, 0.25) is 0 Å². The maximum absolute atomic E-state index is 12.1. The molecular formula is C8H24O12P2S. The van der Waals surface area contributed by atoms with E-state index in [1.165, 1.54) is 0 Å². The molecule has 0 aromatic heterocycles. The van der Waals surface area contributed by atoms with E-state index < -0.39 is 74.8 Å². The van der Waals surface area contributed by atoms with Crippen LogP contribution in [-0.2, 0) is 18.3 Å². The Morgan fingerprint density at radius 2 is 0.696 bits per heavy atom. The summed E-state index contributed by atoms with van der Waals surface area (Å²) in [5.74, 6) is 0. The van der Waals surface area contributed by atoms with E-state index in [0.29, 0.717) is 0 Å². The first-order valence-corrected chi connectivity index (χ1v) is 13.2. The Bertz CT molecular complexity index is 402. The molecule has 0 spiro atoms. The van der Waals surface area contributed by atoms with Crippen molar-refractivity contribution in [1.82, 2.24) is 0 Å². The molecule has 0 aromatic rings. The van der Waals surface area contributed by atoms with Gasteiger partial charge < -0.3 is 0 Å². The summed E-state index contributed by atoms with van der Waals surface area (Å²) in [6.07, 6.45) is -9.74. The summed E-state index contributed by atoms with van der Waals surface area (Å²) in [5.41, 5.74) is 0. The Morgan fingerprint density at radius 3 is 0.826 bits per heavy atom. The van der Waals surface area contributed by atoms with E-state index in [1.807, 2.05) is 0 Å². The molecule has 12 nitrogen and oxygen atoms in total. The molecule has 0 aliphatic rings. The van der Waals surface area contributed by atoms with Crippen LogP contribution in [0.5, 0.6) is 0 Å². The minimum atomic E-state index is -5.27. The van der Waals surface area contributed by atoms with Crippen LogP contribution in [0.25, 0.3) is 0 Å². The summed E-state index contributed by atoms with van der Waals surface area (Å²) in [6, 6.07) is 0. The molecule has 0 aliphatic carbocycles.